The zero-order chi connectivity index (χ0) is 14.3. The van der Waals surface area contributed by atoms with Crippen LogP contribution in [0.5, 0.6) is 0 Å². The molecule has 0 aliphatic carbocycles. The summed E-state index contributed by atoms with van der Waals surface area (Å²) in [6.07, 6.45) is 0.897. The molecule has 1 atom stereocenters. The van der Waals surface area contributed by atoms with Crippen molar-refractivity contribution in [3.8, 4) is 0 Å². The molecule has 0 bridgehead atoms. The zero-order valence-corrected chi connectivity index (χ0v) is 12.0. The molecule has 1 rings (SSSR count). The summed E-state index contributed by atoms with van der Waals surface area (Å²) < 4.78 is 1.01. The summed E-state index contributed by atoms with van der Waals surface area (Å²) in [7, 11) is 0. The normalized spacial score (nSPS) is 12.1. The van der Waals surface area contributed by atoms with Gasteiger partial charge in [0.05, 0.1) is 6.04 Å². The smallest absolute Gasteiger partial charge is 0.303 e. The third-order valence-corrected chi connectivity index (χ3v) is 3.24. The number of hydrogen-bond donors (Lipinski definition) is 3. The lowest BCUT2D eigenvalue weighted by atomic mass is 10.1. The Morgan fingerprint density at radius 1 is 1.32 bits per heavy atom. The number of hydrogen-bond acceptors (Lipinski definition) is 3. The monoisotopic (exact) mass is 328 g/mol. The van der Waals surface area contributed by atoms with Gasteiger partial charge in [-0.25, -0.2) is 0 Å². The molecule has 0 spiro atoms. The maximum Gasteiger partial charge on any atom is 0.303 e. The molecule has 1 aromatic rings. The van der Waals surface area contributed by atoms with Crippen molar-refractivity contribution in [3.05, 3.63) is 34.3 Å². The number of nitrogens with two attached hydrogens (primary N) is 1. The molecule has 19 heavy (non-hydrogen) atoms. The molecule has 5 nitrogen and oxygen atoms in total. The van der Waals surface area contributed by atoms with Gasteiger partial charge in [0.1, 0.15) is 0 Å². The van der Waals surface area contributed by atoms with E-state index in [-0.39, 0.29) is 12.8 Å². The minimum atomic E-state index is -0.930. The average molecular weight is 329 g/mol. The van der Waals surface area contributed by atoms with E-state index in [0.29, 0.717) is 6.54 Å². The fraction of sp³-hybridized carbons (Fsp3) is 0.385. The van der Waals surface area contributed by atoms with Gasteiger partial charge in [-0.05, 0) is 37.1 Å². The Bertz CT molecular complexity index is 434. The predicted molar refractivity (Wildman–Crippen MR) is 75.7 cm³/mol. The van der Waals surface area contributed by atoms with Crippen molar-refractivity contribution in [2.45, 2.75) is 25.3 Å². The molecule has 0 heterocycles. The van der Waals surface area contributed by atoms with Crippen LogP contribution in [0.2, 0.25) is 0 Å². The maximum absolute atomic E-state index is 11.2. The van der Waals surface area contributed by atoms with E-state index in [2.05, 4.69) is 21.2 Å². The van der Waals surface area contributed by atoms with Crippen molar-refractivity contribution in [3.63, 3.8) is 0 Å². The van der Waals surface area contributed by atoms with E-state index < -0.39 is 17.9 Å². The Kier molecular flexibility index (Phi) is 6.52. The Labute approximate surface area is 120 Å². The van der Waals surface area contributed by atoms with Crippen LogP contribution in [0.1, 0.15) is 18.4 Å². The first-order chi connectivity index (χ1) is 8.99. The average Bonchev–Trinajstić information content (AvgIpc) is 2.35. The molecule has 0 fully saturated rings. The third kappa shape index (κ3) is 6.35. The minimum absolute atomic E-state index is 0.0705. The largest absolute Gasteiger partial charge is 0.481 e. The first-order valence-electron chi connectivity index (χ1n) is 5.98. The van der Waals surface area contributed by atoms with Crippen LogP contribution in [0.15, 0.2) is 28.7 Å². The highest BCUT2D eigenvalue weighted by Crippen LogP contribution is 2.10. The fourth-order valence-electron chi connectivity index (χ4n) is 1.65. The molecule has 0 aliphatic rings. The predicted octanol–water partition coefficient (Wildman–Crippen LogP) is 1.30. The van der Waals surface area contributed by atoms with Gasteiger partial charge in [-0.15, -0.1) is 0 Å². The van der Waals surface area contributed by atoms with E-state index in [1.165, 1.54) is 0 Å². The summed E-state index contributed by atoms with van der Waals surface area (Å²) in [5.41, 5.74) is 6.36. The molecule has 1 aromatic carbocycles. The second kappa shape index (κ2) is 7.91. The highest BCUT2D eigenvalue weighted by molar-refractivity contribution is 9.10. The Morgan fingerprint density at radius 3 is 2.47 bits per heavy atom. The summed E-state index contributed by atoms with van der Waals surface area (Å²) in [5.74, 6) is -1.45. The van der Waals surface area contributed by atoms with Crippen molar-refractivity contribution >= 4 is 27.8 Å². The summed E-state index contributed by atoms with van der Waals surface area (Å²) in [4.78, 5) is 21.6. The lowest BCUT2D eigenvalue weighted by Gasteiger charge is -2.14. The van der Waals surface area contributed by atoms with Crippen molar-refractivity contribution < 1.29 is 14.7 Å². The molecule has 0 saturated carbocycles. The Balaban J connectivity index is 2.37. The number of nitrogens with one attached hydrogen (secondary N) is 1. The SMILES string of the molecule is NC(=O)[C@H](CCC(=O)O)NCCc1ccc(Br)cc1. The van der Waals surface area contributed by atoms with Crippen molar-refractivity contribution in [1.29, 1.82) is 0 Å². The minimum Gasteiger partial charge on any atom is -0.481 e. The van der Waals surface area contributed by atoms with Crippen LogP contribution in [0.3, 0.4) is 0 Å². The molecular formula is C13H17BrN2O3. The summed E-state index contributed by atoms with van der Waals surface area (Å²) in [6.45, 7) is 0.578. The van der Waals surface area contributed by atoms with Crippen LogP contribution >= 0.6 is 15.9 Å². The molecule has 1 amide bonds. The highest BCUT2D eigenvalue weighted by Gasteiger charge is 2.15. The van der Waals surface area contributed by atoms with Crippen LogP contribution in [0.25, 0.3) is 0 Å². The topological polar surface area (TPSA) is 92.4 Å². The van der Waals surface area contributed by atoms with E-state index in [9.17, 15) is 9.59 Å². The second-order valence-electron chi connectivity index (χ2n) is 4.22. The number of carbonyl (C=O) groups excluding carboxylic acids is 1. The molecule has 104 valence electrons. The van der Waals surface area contributed by atoms with Crippen molar-refractivity contribution in [2.75, 3.05) is 6.54 Å². The van der Waals surface area contributed by atoms with Crippen LogP contribution in [-0.2, 0) is 16.0 Å². The molecule has 0 unspecified atom stereocenters. The molecule has 0 aromatic heterocycles. The number of carboxylic acid groups (broad SMARTS) is 1. The molecule has 0 saturated heterocycles. The van der Waals surface area contributed by atoms with E-state index in [0.717, 1.165) is 16.5 Å². The van der Waals surface area contributed by atoms with Gasteiger partial charge < -0.3 is 16.2 Å². The highest BCUT2D eigenvalue weighted by atomic mass is 79.9. The van der Waals surface area contributed by atoms with Crippen LogP contribution in [0.4, 0.5) is 0 Å². The van der Waals surface area contributed by atoms with Crippen molar-refractivity contribution in [1.82, 2.24) is 5.32 Å². The lowest BCUT2D eigenvalue weighted by molar-refractivity contribution is -0.137. The summed E-state index contributed by atoms with van der Waals surface area (Å²) >= 11 is 3.36. The Morgan fingerprint density at radius 2 is 1.95 bits per heavy atom. The van der Waals surface area contributed by atoms with E-state index >= 15 is 0 Å². The Hall–Kier alpha value is -1.40. The lowest BCUT2D eigenvalue weighted by Crippen LogP contribution is -2.42. The van der Waals surface area contributed by atoms with Crippen molar-refractivity contribution in [2.24, 2.45) is 5.73 Å². The van der Waals surface area contributed by atoms with Gasteiger partial charge in [-0.2, -0.15) is 0 Å². The standard InChI is InChI=1S/C13H17BrN2O3/c14-10-3-1-9(2-4-10)7-8-16-11(13(15)19)5-6-12(17)18/h1-4,11,16H,5-8H2,(H2,15,19)(H,17,18)/t11-/m0/s1. The first-order valence-corrected chi connectivity index (χ1v) is 6.77. The zero-order valence-electron chi connectivity index (χ0n) is 10.4. The quantitative estimate of drug-likeness (QED) is 0.670. The van der Waals surface area contributed by atoms with Gasteiger partial charge >= 0.3 is 5.97 Å². The number of amides is 1. The van der Waals surface area contributed by atoms with Gasteiger partial charge in [0.15, 0.2) is 0 Å². The molecular weight excluding hydrogens is 312 g/mol. The molecule has 4 N–H and O–H groups in total. The fourth-order valence-corrected chi connectivity index (χ4v) is 1.92. The number of rotatable bonds is 8. The van der Waals surface area contributed by atoms with E-state index in [1.807, 2.05) is 24.3 Å². The van der Waals surface area contributed by atoms with Gasteiger partial charge in [0.25, 0.3) is 0 Å². The summed E-state index contributed by atoms with van der Waals surface area (Å²) in [6, 6.07) is 7.29. The summed E-state index contributed by atoms with van der Waals surface area (Å²) in [5, 5.41) is 11.6. The number of aliphatic carboxylic acids is 1. The van der Waals surface area contributed by atoms with Crippen LogP contribution in [0, 0.1) is 0 Å². The van der Waals surface area contributed by atoms with Gasteiger partial charge in [-0.3, -0.25) is 9.59 Å². The van der Waals surface area contributed by atoms with Gasteiger partial charge in [0, 0.05) is 10.9 Å². The number of carboxylic acids is 1. The second-order valence-corrected chi connectivity index (χ2v) is 5.13. The number of benzene rings is 1. The molecule has 0 aliphatic heterocycles. The molecule has 6 heteroatoms. The number of carbonyl (C=O) groups is 2. The molecule has 0 radical (unpaired) electrons. The number of halogens is 1. The van der Waals surface area contributed by atoms with Crippen LogP contribution in [-0.4, -0.2) is 29.6 Å². The third-order valence-electron chi connectivity index (χ3n) is 2.71. The van der Waals surface area contributed by atoms with Gasteiger partial charge in [-0.1, -0.05) is 28.1 Å². The van der Waals surface area contributed by atoms with E-state index in [1.54, 1.807) is 0 Å². The first kappa shape index (κ1) is 15.7. The van der Waals surface area contributed by atoms with Crippen LogP contribution < -0.4 is 11.1 Å². The maximum atomic E-state index is 11.2. The van der Waals surface area contributed by atoms with Gasteiger partial charge in [0.2, 0.25) is 5.91 Å². The van der Waals surface area contributed by atoms with E-state index in [4.69, 9.17) is 10.8 Å². The number of primary amides is 1.